The molecular formula is C20H22ClFN4O3S. The fourth-order valence-electron chi connectivity index (χ4n) is 2.95. The van der Waals surface area contributed by atoms with Crippen molar-refractivity contribution in [2.45, 2.75) is 13.8 Å². The van der Waals surface area contributed by atoms with E-state index >= 15 is 0 Å². The number of amides is 1. The molecule has 0 saturated carbocycles. The third kappa shape index (κ3) is 5.29. The van der Waals surface area contributed by atoms with E-state index in [0.29, 0.717) is 34.0 Å². The molecule has 1 amide bonds. The van der Waals surface area contributed by atoms with Crippen molar-refractivity contribution >= 4 is 50.7 Å². The number of nitro groups is 1. The van der Waals surface area contributed by atoms with Crippen molar-refractivity contribution in [2.75, 3.05) is 31.1 Å². The minimum atomic E-state index is -0.505. The Balaban J connectivity index is 0.00000320. The van der Waals surface area contributed by atoms with E-state index in [2.05, 4.69) is 9.88 Å². The number of halogens is 2. The number of benzene rings is 2. The highest BCUT2D eigenvalue weighted by molar-refractivity contribution is 7.22. The van der Waals surface area contributed by atoms with Gasteiger partial charge in [-0.25, -0.2) is 9.37 Å². The van der Waals surface area contributed by atoms with Crippen molar-refractivity contribution in [3.63, 3.8) is 0 Å². The summed E-state index contributed by atoms with van der Waals surface area (Å²) in [6.07, 6.45) is 0. The van der Waals surface area contributed by atoms with E-state index in [1.807, 2.05) is 13.8 Å². The number of rotatable bonds is 8. The Labute approximate surface area is 183 Å². The van der Waals surface area contributed by atoms with E-state index < -0.39 is 4.92 Å². The van der Waals surface area contributed by atoms with Gasteiger partial charge in [-0.2, -0.15) is 0 Å². The van der Waals surface area contributed by atoms with Crippen molar-refractivity contribution in [3.8, 4) is 0 Å². The van der Waals surface area contributed by atoms with Crippen molar-refractivity contribution in [1.82, 2.24) is 9.88 Å². The highest BCUT2D eigenvalue weighted by atomic mass is 35.5. The summed E-state index contributed by atoms with van der Waals surface area (Å²) in [6.45, 7) is 6.84. The predicted molar refractivity (Wildman–Crippen MR) is 119 cm³/mol. The number of hydrogen-bond acceptors (Lipinski definition) is 6. The van der Waals surface area contributed by atoms with Crippen LogP contribution in [-0.2, 0) is 0 Å². The second-order valence-electron chi connectivity index (χ2n) is 6.40. The first kappa shape index (κ1) is 23.7. The predicted octanol–water partition coefficient (Wildman–Crippen LogP) is 4.75. The second-order valence-corrected chi connectivity index (χ2v) is 7.41. The van der Waals surface area contributed by atoms with Gasteiger partial charge in [0.25, 0.3) is 11.6 Å². The van der Waals surface area contributed by atoms with Crippen molar-refractivity contribution in [2.24, 2.45) is 0 Å². The van der Waals surface area contributed by atoms with E-state index in [0.717, 1.165) is 13.1 Å². The van der Waals surface area contributed by atoms with Crippen LogP contribution in [0.2, 0.25) is 0 Å². The number of anilines is 1. The molecule has 160 valence electrons. The lowest BCUT2D eigenvalue weighted by Crippen LogP contribution is -2.38. The average molecular weight is 453 g/mol. The molecular weight excluding hydrogens is 431 g/mol. The molecule has 1 aromatic heterocycles. The highest BCUT2D eigenvalue weighted by Gasteiger charge is 2.22. The van der Waals surface area contributed by atoms with Crippen LogP contribution in [0, 0.1) is 15.9 Å². The van der Waals surface area contributed by atoms with Crippen molar-refractivity contribution in [3.05, 3.63) is 64.0 Å². The molecule has 0 aliphatic carbocycles. The third-order valence-corrected chi connectivity index (χ3v) is 5.72. The lowest BCUT2D eigenvalue weighted by atomic mass is 10.2. The fourth-order valence-corrected chi connectivity index (χ4v) is 3.96. The number of hydrogen-bond donors (Lipinski definition) is 0. The van der Waals surface area contributed by atoms with E-state index in [1.54, 1.807) is 11.0 Å². The summed E-state index contributed by atoms with van der Waals surface area (Å²) in [6, 6.07) is 9.83. The molecule has 0 fully saturated rings. The average Bonchev–Trinajstić information content (AvgIpc) is 3.13. The summed E-state index contributed by atoms with van der Waals surface area (Å²) in [4.78, 5) is 31.8. The topological polar surface area (TPSA) is 79.6 Å². The van der Waals surface area contributed by atoms with Gasteiger partial charge >= 0.3 is 0 Å². The maximum atomic E-state index is 13.6. The molecule has 0 saturated heterocycles. The number of fused-ring (bicyclic) bond motifs is 1. The second kappa shape index (κ2) is 10.4. The van der Waals surface area contributed by atoms with Gasteiger partial charge in [-0.3, -0.25) is 19.8 Å². The zero-order valence-electron chi connectivity index (χ0n) is 16.6. The van der Waals surface area contributed by atoms with Crippen molar-refractivity contribution in [1.29, 1.82) is 0 Å². The van der Waals surface area contributed by atoms with E-state index in [-0.39, 0.29) is 29.8 Å². The minimum absolute atomic E-state index is 0. The first-order valence-electron chi connectivity index (χ1n) is 9.27. The van der Waals surface area contributed by atoms with Gasteiger partial charge in [-0.1, -0.05) is 25.2 Å². The molecule has 7 nitrogen and oxygen atoms in total. The lowest BCUT2D eigenvalue weighted by molar-refractivity contribution is -0.384. The molecule has 0 aliphatic rings. The molecule has 0 atom stereocenters. The maximum absolute atomic E-state index is 13.6. The van der Waals surface area contributed by atoms with Gasteiger partial charge in [-0.05, 0) is 43.4 Å². The van der Waals surface area contributed by atoms with Gasteiger partial charge in [0.2, 0.25) is 0 Å². The smallest absolute Gasteiger partial charge is 0.269 e. The first-order valence-corrected chi connectivity index (χ1v) is 10.1. The lowest BCUT2D eigenvalue weighted by Gasteiger charge is -2.24. The Morgan fingerprint density at radius 2 is 1.80 bits per heavy atom. The molecule has 30 heavy (non-hydrogen) atoms. The van der Waals surface area contributed by atoms with Gasteiger partial charge in [-0.15, -0.1) is 12.4 Å². The van der Waals surface area contributed by atoms with E-state index in [4.69, 9.17) is 0 Å². The third-order valence-electron chi connectivity index (χ3n) is 4.67. The summed E-state index contributed by atoms with van der Waals surface area (Å²) < 4.78 is 14.2. The van der Waals surface area contributed by atoms with Gasteiger partial charge in [0.05, 0.1) is 15.1 Å². The van der Waals surface area contributed by atoms with Crippen LogP contribution < -0.4 is 4.90 Å². The van der Waals surface area contributed by atoms with Crippen LogP contribution >= 0.6 is 23.7 Å². The number of carbonyl (C=O) groups excluding carboxylic acids is 1. The van der Waals surface area contributed by atoms with Gasteiger partial charge < -0.3 is 4.90 Å². The molecule has 10 heteroatoms. The molecule has 0 bridgehead atoms. The van der Waals surface area contributed by atoms with Crippen LogP contribution in [0.3, 0.4) is 0 Å². The number of nitro benzene ring substituents is 1. The normalized spacial score (nSPS) is 10.8. The van der Waals surface area contributed by atoms with Crippen LogP contribution in [-0.4, -0.2) is 46.9 Å². The zero-order chi connectivity index (χ0) is 21.0. The summed E-state index contributed by atoms with van der Waals surface area (Å²) in [5.41, 5.74) is 0.878. The van der Waals surface area contributed by atoms with Gasteiger partial charge in [0.15, 0.2) is 5.13 Å². The van der Waals surface area contributed by atoms with Gasteiger partial charge in [0, 0.05) is 30.8 Å². The van der Waals surface area contributed by atoms with Crippen LogP contribution in [0.15, 0.2) is 42.5 Å². The number of nitrogens with zero attached hydrogens (tertiary/aromatic N) is 4. The standard InChI is InChI=1S/C20H21FN4O3S.ClH/c1-3-23(4-2)11-12-24(19(26)14-5-8-16(9-6-14)25(27)28)20-22-17-10-7-15(21)13-18(17)29-20;/h5-10,13H,3-4,11-12H2,1-2H3;1H. The molecule has 3 aromatic rings. The SMILES string of the molecule is CCN(CC)CCN(C(=O)c1ccc([N+](=O)[O-])cc1)c1nc2ccc(F)cc2s1.Cl. The molecule has 1 heterocycles. The molecule has 0 radical (unpaired) electrons. The highest BCUT2D eigenvalue weighted by Crippen LogP contribution is 2.30. The summed E-state index contributed by atoms with van der Waals surface area (Å²) in [5, 5.41) is 11.3. The zero-order valence-corrected chi connectivity index (χ0v) is 18.2. The van der Waals surface area contributed by atoms with E-state index in [9.17, 15) is 19.3 Å². The van der Waals surface area contributed by atoms with Gasteiger partial charge in [0.1, 0.15) is 5.82 Å². The first-order chi connectivity index (χ1) is 13.9. The maximum Gasteiger partial charge on any atom is 0.269 e. The largest absolute Gasteiger partial charge is 0.302 e. The van der Waals surface area contributed by atoms with Crippen molar-refractivity contribution < 1.29 is 14.1 Å². The fraction of sp³-hybridized carbons (Fsp3) is 0.300. The Morgan fingerprint density at radius 1 is 1.13 bits per heavy atom. The Kier molecular flexibility index (Phi) is 8.22. The summed E-state index contributed by atoms with van der Waals surface area (Å²) in [5.74, 6) is -0.657. The number of carbonyl (C=O) groups is 1. The molecule has 0 unspecified atom stereocenters. The minimum Gasteiger partial charge on any atom is -0.302 e. The summed E-state index contributed by atoms with van der Waals surface area (Å²) >= 11 is 1.24. The molecule has 2 aromatic carbocycles. The van der Waals surface area contributed by atoms with Crippen LogP contribution in [0.4, 0.5) is 15.2 Å². The Morgan fingerprint density at radius 3 is 2.40 bits per heavy atom. The Bertz CT molecular complexity index is 1020. The molecule has 0 aliphatic heterocycles. The molecule has 3 rings (SSSR count). The quantitative estimate of drug-likeness (QED) is 0.364. The monoisotopic (exact) mass is 452 g/mol. The summed E-state index contributed by atoms with van der Waals surface area (Å²) in [7, 11) is 0. The van der Waals surface area contributed by atoms with Crippen LogP contribution in [0.5, 0.6) is 0 Å². The van der Waals surface area contributed by atoms with Crippen LogP contribution in [0.25, 0.3) is 10.2 Å². The molecule has 0 spiro atoms. The molecule has 0 N–H and O–H groups in total. The number of thiazole rings is 1. The van der Waals surface area contributed by atoms with Crippen LogP contribution in [0.1, 0.15) is 24.2 Å². The van der Waals surface area contributed by atoms with E-state index in [1.165, 1.54) is 47.7 Å². The number of likely N-dealkylation sites (N-methyl/N-ethyl adjacent to an activating group) is 1. The Hall–Kier alpha value is -2.62. The number of aromatic nitrogens is 1. The number of non-ortho nitro benzene ring substituents is 1.